The van der Waals surface area contributed by atoms with Crippen LogP contribution in [0, 0.1) is 5.92 Å². The largest absolute Gasteiger partial charge is 0.486 e. The molecule has 2 aliphatic rings. The zero-order chi connectivity index (χ0) is 24.3. The first-order valence-corrected chi connectivity index (χ1v) is 13.3. The molecule has 1 fully saturated rings. The van der Waals surface area contributed by atoms with E-state index in [0.29, 0.717) is 42.7 Å². The molecule has 182 valence electrons. The van der Waals surface area contributed by atoms with Gasteiger partial charge in [0, 0.05) is 24.7 Å². The van der Waals surface area contributed by atoms with Crippen LogP contribution in [-0.4, -0.2) is 58.1 Å². The molecule has 0 unspecified atom stereocenters. The zero-order valence-electron chi connectivity index (χ0n) is 19.1. The lowest BCUT2D eigenvalue weighted by atomic mass is 9.86. The quantitative estimate of drug-likeness (QED) is 0.624. The van der Waals surface area contributed by atoms with Crippen LogP contribution in [0.25, 0.3) is 0 Å². The molecular weight excluding hydrogens is 459 g/mol. The Kier molecular flexibility index (Phi) is 7.21. The van der Waals surface area contributed by atoms with Gasteiger partial charge in [-0.2, -0.15) is 0 Å². The highest BCUT2D eigenvalue weighted by atomic mass is 32.2. The third-order valence-electron chi connectivity index (χ3n) is 6.65. The van der Waals surface area contributed by atoms with E-state index in [1.165, 1.54) is 13.1 Å². The molecule has 0 aromatic heterocycles. The summed E-state index contributed by atoms with van der Waals surface area (Å²) in [5.41, 5.74) is 1.95. The van der Waals surface area contributed by atoms with E-state index in [2.05, 4.69) is 10.6 Å². The second-order valence-electron chi connectivity index (χ2n) is 8.86. The van der Waals surface area contributed by atoms with Crippen LogP contribution in [0.5, 0.6) is 5.75 Å². The maximum absolute atomic E-state index is 13.9. The summed E-state index contributed by atoms with van der Waals surface area (Å²) in [5.74, 6) is -0.248. The minimum absolute atomic E-state index is 0.194. The van der Waals surface area contributed by atoms with Gasteiger partial charge >= 0.3 is 0 Å². The second kappa shape index (κ2) is 10.1. The van der Waals surface area contributed by atoms with Crippen LogP contribution in [0.3, 0.4) is 0 Å². The monoisotopic (exact) mass is 488 g/mol. The Balaban J connectivity index is 1.56. The normalized spacial score (nSPS) is 21.4. The molecule has 2 heterocycles. The molecule has 2 N–H and O–H groups in total. The highest BCUT2D eigenvalue weighted by Gasteiger charge is 2.39. The van der Waals surface area contributed by atoms with Gasteiger partial charge in [-0.1, -0.05) is 30.3 Å². The molecule has 2 aromatic rings. The Morgan fingerprint density at radius 3 is 2.44 bits per heavy atom. The van der Waals surface area contributed by atoms with Crippen molar-refractivity contribution in [3.63, 3.8) is 0 Å². The van der Waals surface area contributed by atoms with Crippen molar-refractivity contribution < 1.29 is 27.1 Å². The Morgan fingerprint density at radius 2 is 1.79 bits per heavy atom. The first-order valence-electron chi connectivity index (χ1n) is 11.5. The predicted molar refractivity (Wildman–Crippen MR) is 127 cm³/mol. The summed E-state index contributed by atoms with van der Waals surface area (Å²) in [7, 11) is -1.43. The van der Waals surface area contributed by atoms with Gasteiger partial charge in [0.1, 0.15) is 28.4 Å². The van der Waals surface area contributed by atoms with Gasteiger partial charge in [0.15, 0.2) is 0 Å². The molecule has 0 aliphatic carbocycles. The van der Waals surface area contributed by atoms with Gasteiger partial charge in [-0.15, -0.1) is 0 Å². The Labute approximate surface area is 199 Å². The summed E-state index contributed by atoms with van der Waals surface area (Å²) in [6.45, 7) is -0.332. The number of hydrogen-bond acceptors (Lipinski definition) is 5. The summed E-state index contributed by atoms with van der Waals surface area (Å²) in [5, 5.41) is 5.45. The number of benzene rings is 2. The number of hydrogen-bond donors (Lipinski definition) is 2. The summed E-state index contributed by atoms with van der Waals surface area (Å²) < 4.78 is 43.0. The van der Waals surface area contributed by atoms with E-state index >= 15 is 0 Å². The van der Waals surface area contributed by atoms with Crippen LogP contribution in [0.4, 0.5) is 4.39 Å². The van der Waals surface area contributed by atoms with E-state index in [9.17, 15) is 22.4 Å². The summed E-state index contributed by atoms with van der Waals surface area (Å²) in [6.07, 6.45) is 1.12. The molecule has 0 spiro atoms. The van der Waals surface area contributed by atoms with E-state index < -0.39 is 34.4 Å². The van der Waals surface area contributed by atoms with E-state index in [1.807, 2.05) is 30.3 Å². The van der Waals surface area contributed by atoms with Gasteiger partial charge in [-0.05, 0) is 42.9 Å². The van der Waals surface area contributed by atoms with Crippen molar-refractivity contribution in [1.82, 2.24) is 10.6 Å². The molecule has 34 heavy (non-hydrogen) atoms. The number of alkyl halides is 1. The first kappa shape index (κ1) is 24.2. The average Bonchev–Trinajstić information content (AvgIpc) is 3.23. The molecule has 4 rings (SSSR count). The molecule has 2 amide bonds. The minimum atomic E-state index is -2.92. The molecular formula is C25H29FN2O5S. The van der Waals surface area contributed by atoms with Gasteiger partial charge in [0.25, 0.3) is 11.8 Å². The predicted octanol–water partition coefficient (Wildman–Crippen LogP) is 2.85. The molecule has 7 nitrogen and oxygen atoms in total. The molecule has 2 atom stereocenters. The van der Waals surface area contributed by atoms with Crippen LogP contribution in [0.15, 0.2) is 42.5 Å². The molecule has 2 aromatic carbocycles. The summed E-state index contributed by atoms with van der Waals surface area (Å²) in [4.78, 5) is 25.6. The zero-order valence-corrected chi connectivity index (χ0v) is 19.9. The first-order chi connectivity index (χ1) is 16.3. The van der Waals surface area contributed by atoms with E-state index in [4.69, 9.17) is 4.74 Å². The van der Waals surface area contributed by atoms with Crippen molar-refractivity contribution in [1.29, 1.82) is 0 Å². The number of carbonyl (C=O) groups excluding carboxylic acids is 2. The molecule has 1 saturated heterocycles. The number of ether oxygens (including phenoxy) is 1. The number of sulfone groups is 1. The average molecular weight is 489 g/mol. The molecule has 0 radical (unpaired) electrons. The fraction of sp³-hybridized carbons (Fsp3) is 0.440. The van der Waals surface area contributed by atoms with Crippen molar-refractivity contribution in [2.75, 3.05) is 31.8 Å². The molecule has 0 saturated carbocycles. The lowest BCUT2D eigenvalue weighted by Gasteiger charge is -2.21. The lowest BCUT2D eigenvalue weighted by molar-refractivity contribution is 0.0951. The van der Waals surface area contributed by atoms with Gasteiger partial charge in [0.05, 0.1) is 23.0 Å². The lowest BCUT2D eigenvalue weighted by Crippen LogP contribution is -2.29. The van der Waals surface area contributed by atoms with Crippen LogP contribution in [0.2, 0.25) is 0 Å². The third kappa shape index (κ3) is 5.09. The SMILES string of the molecule is CNC(=O)c1cc(C(=O)NCCC2CCS(=O)(=O)CC2)cc2c1O[C@@H](CF)[C@@H]2c1ccccc1. The maximum atomic E-state index is 13.9. The molecule has 9 heteroatoms. The van der Waals surface area contributed by atoms with Gasteiger partial charge in [-0.25, -0.2) is 12.8 Å². The van der Waals surface area contributed by atoms with E-state index in [-0.39, 0.29) is 28.9 Å². The van der Waals surface area contributed by atoms with Crippen LogP contribution in [0.1, 0.15) is 57.0 Å². The molecule has 2 aliphatic heterocycles. The number of rotatable bonds is 7. The van der Waals surface area contributed by atoms with Crippen molar-refractivity contribution >= 4 is 21.7 Å². The standard InChI is InChI=1S/C25H29FN2O5S/c1-27-25(30)20-14-18(24(29)28-10-7-16-8-11-34(31,32)12-9-16)13-19-22(17-5-3-2-4-6-17)21(15-26)33-23(19)20/h2-6,13-14,16,21-22H,7-12,15H2,1H3,(H,27,30)(H,28,29)/t21-,22+/m0/s1. The number of halogens is 1. The maximum Gasteiger partial charge on any atom is 0.254 e. The number of nitrogens with one attached hydrogen (secondary N) is 2. The van der Waals surface area contributed by atoms with Gasteiger partial charge in [0.2, 0.25) is 0 Å². The van der Waals surface area contributed by atoms with Gasteiger partial charge in [-0.3, -0.25) is 9.59 Å². The highest BCUT2D eigenvalue weighted by molar-refractivity contribution is 7.91. The second-order valence-corrected chi connectivity index (χ2v) is 11.2. The fourth-order valence-electron chi connectivity index (χ4n) is 4.76. The van der Waals surface area contributed by atoms with Crippen molar-refractivity contribution in [2.24, 2.45) is 5.92 Å². The van der Waals surface area contributed by atoms with E-state index in [0.717, 1.165) is 5.56 Å². The summed E-state index contributed by atoms with van der Waals surface area (Å²) >= 11 is 0. The molecule has 0 bridgehead atoms. The summed E-state index contributed by atoms with van der Waals surface area (Å²) in [6, 6.07) is 12.5. The van der Waals surface area contributed by atoms with Gasteiger partial charge < -0.3 is 15.4 Å². The Hall–Kier alpha value is -2.94. The van der Waals surface area contributed by atoms with E-state index in [1.54, 1.807) is 6.07 Å². The number of carbonyl (C=O) groups is 2. The smallest absolute Gasteiger partial charge is 0.254 e. The fourth-order valence-corrected chi connectivity index (χ4v) is 6.35. The Morgan fingerprint density at radius 1 is 1.09 bits per heavy atom. The highest BCUT2D eigenvalue weighted by Crippen LogP contribution is 2.45. The number of amides is 2. The van der Waals surface area contributed by atoms with Crippen LogP contribution >= 0.6 is 0 Å². The van der Waals surface area contributed by atoms with Crippen LogP contribution < -0.4 is 15.4 Å². The third-order valence-corrected chi connectivity index (χ3v) is 8.37. The number of fused-ring (bicyclic) bond motifs is 1. The van der Waals surface area contributed by atoms with Crippen molar-refractivity contribution in [2.45, 2.75) is 31.3 Å². The van der Waals surface area contributed by atoms with Crippen LogP contribution in [-0.2, 0) is 9.84 Å². The van der Waals surface area contributed by atoms with Crippen molar-refractivity contribution in [3.8, 4) is 5.75 Å². The topological polar surface area (TPSA) is 102 Å². The Bertz CT molecular complexity index is 1160. The van der Waals surface area contributed by atoms with Crippen molar-refractivity contribution in [3.05, 3.63) is 64.7 Å². The minimum Gasteiger partial charge on any atom is -0.486 e.